The van der Waals surface area contributed by atoms with E-state index in [1.54, 1.807) is 24.3 Å². The third kappa shape index (κ3) is 3.93. The maximum absolute atomic E-state index is 12.4. The molecule has 0 bridgehead atoms. The lowest BCUT2D eigenvalue weighted by atomic mass is 9.65. The van der Waals surface area contributed by atoms with Crippen LogP contribution in [0.15, 0.2) is 48.5 Å². The largest absolute Gasteiger partial charge is 0.573 e. The summed E-state index contributed by atoms with van der Waals surface area (Å²) < 4.78 is 41.3. The highest BCUT2D eigenvalue weighted by Gasteiger charge is 2.52. The van der Waals surface area contributed by atoms with Crippen molar-refractivity contribution in [3.63, 3.8) is 0 Å². The minimum atomic E-state index is -4.76. The minimum Gasteiger partial charge on any atom is -0.406 e. The standard InChI is InChI=1S/C20H21ClF3NO2/c1-18(10-11-25(2)13-18)19(26,15-4-3-5-16(21)12-15)14-6-8-17(9-7-14)27-20(22,23)24/h3-9,12,26H,10-11,13H2,1-2H3/t18?,19-/m0/s1. The predicted molar refractivity (Wildman–Crippen MR) is 97.8 cm³/mol. The number of halogens is 4. The van der Waals surface area contributed by atoms with Gasteiger partial charge in [0, 0.05) is 17.0 Å². The van der Waals surface area contributed by atoms with Gasteiger partial charge in [0.2, 0.25) is 0 Å². The average Bonchev–Trinajstić information content (AvgIpc) is 2.94. The third-order valence-electron chi connectivity index (χ3n) is 5.29. The maximum Gasteiger partial charge on any atom is 0.573 e. The summed E-state index contributed by atoms with van der Waals surface area (Å²) in [5.74, 6) is -0.326. The zero-order valence-electron chi connectivity index (χ0n) is 15.1. The summed E-state index contributed by atoms with van der Waals surface area (Å²) in [7, 11) is 1.98. The summed E-state index contributed by atoms with van der Waals surface area (Å²) in [6, 6.07) is 12.4. The van der Waals surface area contributed by atoms with Gasteiger partial charge in [-0.25, -0.2) is 0 Å². The predicted octanol–water partition coefficient (Wildman–Crippen LogP) is 4.82. The molecule has 27 heavy (non-hydrogen) atoms. The number of ether oxygens (including phenoxy) is 1. The highest BCUT2D eigenvalue weighted by atomic mass is 35.5. The van der Waals surface area contributed by atoms with Gasteiger partial charge >= 0.3 is 6.36 Å². The SMILES string of the molecule is CN1CCC(C)([C@](O)(c2ccc(OC(F)(F)F)cc2)c2cccc(Cl)c2)C1. The number of benzene rings is 2. The fourth-order valence-corrected chi connectivity index (χ4v) is 4.15. The van der Waals surface area contributed by atoms with Crippen molar-refractivity contribution < 1.29 is 23.0 Å². The lowest BCUT2D eigenvalue weighted by molar-refractivity contribution is -0.274. The van der Waals surface area contributed by atoms with Gasteiger partial charge < -0.3 is 14.7 Å². The molecule has 1 aliphatic heterocycles. The van der Waals surface area contributed by atoms with Crippen LogP contribution in [-0.4, -0.2) is 36.5 Å². The second-order valence-corrected chi connectivity index (χ2v) is 7.78. The Morgan fingerprint density at radius 3 is 2.30 bits per heavy atom. The monoisotopic (exact) mass is 399 g/mol. The first kappa shape index (κ1) is 20.0. The fraction of sp³-hybridized carbons (Fsp3) is 0.400. The molecule has 3 rings (SSSR count). The van der Waals surface area contributed by atoms with E-state index in [-0.39, 0.29) is 5.75 Å². The lowest BCUT2D eigenvalue weighted by Gasteiger charge is -2.43. The molecule has 7 heteroatoms. The Bertz CT molecular complexity index is 812. The third-order valence-corrected chi connectivity index (χ3v) is 5.52. The van der Waals surface area contributed by atoms with Crippen LogP contribution in [0.3, 0.4) is 0 Å². The Balaban J connectivity index is 2.08. The number of hydrogen-bond donors (Lipinski definition) is 1. The van der Waals surface area contributed by atoms with Gasteiger partial charge in [0.1, 0.15) is 11.4 Å². The van der Waals surface area contributed by atoms with E-state index in [2.05, 4.69) is 9.64 Å². The molecule has 0 aromatic heterocycles. The van der Waals surface area contributed by atoms with Crippen LogP contribution in [0.2, 0.25) is 5.02 Å². The normalized spacial score (nSPS) is 23.2. The second kappa shape index (κ2) is 7.00. The Morgan fingerprint density at radius 1 is 1.11 bits per heavy atom. The van der Waals surface area contributed by atoms with Crippen molar-refractivity contribution in [3.05, 3.63) is 64.7 Å². The van der Waals surface area contributed by atoms with Crippen molar-refractivity contribution in [2.45, 2.75) is 25.3 Å². The van der Waals surface area contributed by atoms with Crippen molar-refractivity contribution in [1.82, 2.24) is 4.90 Å². The topological polar surface area (TPSA) is 32.7 Å². The zero-order valence-corrected chi connectivity index (χ0v) is 15.8. The van der Waals surface area contributed by atoms with E-state index in [0.717, 1.165) is 13.0 Å². The number of likely N-dealkylation sites (tertiary alicyclic amines) is 1. The van der Waals surface area contributed by atoms with Crippen molar-refractivity contribution in [1.29, 1.82) is 0 Å². The van der Waals surface area contributed by atoms with Crippen molar-refractivity contribution in [3.8, 4) is 5.75 Å². The Morgan fingerprint density at radius 2 is 1.78 bits per heavy atom. The van der Waals surface area contributed by atoms with Gasteiger partial charge in [-0.15, -0.1) is 13.2 Å². The molecule has 146 valence electrons. The van der Waals surface area contributed by atoms with Crippen LogP contribution in [0.25, 0.3) is 0 Å². The fourth-order valence-electron chi connectivity index (χ4n) is 3.96. The van der Waals surface area contributed by atoms with Crippen molar-refractivity contribution in [2.24, 2.45) is 5.41 Å². The van der Waals surface area contributed by atoms with E-state index in [4.69, 9.17) is 11.6 Å². The Kier molecular flexibility index (Phi) is 5.18. The van der Waals surface area contributed by atoms with Gasteiger partial charge in [0.15, 0.2) is 0 Å². The van der Waals surface area contributed by atoms with Gasteiger partial charge in [-0.3, -0.25) is 0 Å². The van der Waals surface area contributed by atoms with E-state index < -0.39 is 17.4 Å². The lowest BCUT2D eigenvalue weighted by Crippen LogP contribution is -2.46. The number of alkyl halides is 3. The number of aliphatic hydroxyl groups is 1. The molecule has 0 spiro atoms. The van der Waals surface area contributed by atoms with E-state index in [9.17, 15) is 18.3 Å². The molecule has 1 aliphatic rings. The first-order chi connectivity index (χ1) is 12.5. The summed E-state index contributed by atoms with van der Waals surface area (Å²) in [6.45, 7) is 3.43. The van der Waals surface area contributed by atoms with Gasteiger partial charge in [-0.05, 0) is 55.4 Å². The zero-order chi connectivity index (χ0) is 19.9. The van der Waals surface area contributed by atoms with Crippen molar-refractivity contribution in [2.75, 3.05) is 20.1 Å². The molecule has 3 nitrogen and oxygen atoms in total. The molecular weight excluding hydrogens is 379 g/mol. The van der Waals surface area contributed by atoms with E-state index in [1.807, 2.05) is 14.0 Å². The molecular formula is C20H21ClF3NO2. The average molecular weight is 400 g/mol. The maximum atomic E-state index is 12.4. The van der Waals surface area contributed by atoms with E-state index in [1.165, 1.54) is 24.3 Å². The molecule has 1 N–H and O–H groups in total. The van der Waals surface area contributed by atoms with Crippen LogP contribution in [0.1, 0.15) is 24.5 Å². The van der Waals surface area contributed by atoms with Gasteiger partial charge in [-0.1, -0.05) is 42.8 Å². The molecule has 2 aromatic carbocycles. The number of hydrogen-bond acceptors (Lipinski definition) is 3. The highest BCUT2D eigenvalue weighted by Crippen LogP contribution is 2.50. The molecule has 2 atom stereocenters. The quantitative estimate of drug-likeness (QED) is 0.800. The Labute approximate surface area is 161 Å². The summed E-state index contributed by atoms with van der Waals surface area (Å²) in [5, 5.41) is 12.4. The van der Waals surface area contributed by atoms with Gasteiger partial charge in [-0.2, -0.15) is 0 Å². The van der Waals surface area contributed by atoms with Crippen LogP contribution in [0, 0.1) is 5.41 Å². The van der Waals surface area contributed by atoms with Crippen molar-refractivity contribution >= 4 is 11.6 Å². The molecule has 1 fully saturated rings. The summed E-state index contributed by atoms with van der Waals surface area (Å²) >= 11 is 6.15. The second-order valence-electron chi connectivity index (χ2n) is 7.34. The minimum absolute atomic E-state index is 0.326. The van der Waals surface area contributed by atoms with Crippen LogP contribution in [-0.2, 0) is 5.60 Å². The Hall–Kier alpha value is -1.76. The molecule has 0 saturated carbocycles. The first-order valence-electron chi connectivity index (χ1n) is 8.57. The first-order valence-corrected chi connectivity index (χ1v) is 8.95. The molecule has 2 aromatic rings. The molecule has 1 unspecified atom stereocenters. The number of nitrogens with zero attached hydrogens (tertiary/aromatic N) is 1. The highest BCUT2D eigenvalue weighted by molar-refractivity contribution is 6.30. The van der Waals surface area contributed by atoms with E-state index >= 15 is 0 Å². The molecule has 0 radical (unpaired) electrons. The smallest absolute Gasteiger partial charge is 0.406 e. The molecule has 1 heterocycles. The van der Waals surface area contributed by atoms with E-state index in [0.29, 0.717) is 22.7 Å². The summed E-state index contributed by atoms with van der Waals surface area (Å²) in [5.41, 5.74) is -0.854. The molecule has 0 amide bonds. The molecule has 1 saturated heterocycles. The van der Waals surface area contributed by atoms with Crippen LogP contribution < -0.4 is 4.74 Å². The van der Waals surface area contributed by atoms with Gasteiger partial charge in [0.05, 0.1) is 0 Å². The van der Waals surface area contributed by atoms with Crippen LogP contribution in [0.4, 0.5) is 13.2 Å². The summed E-state index contributed by atoms with van der Waals surface area (Å²) in [6.07, 6.45) is -4.03. The summed E-state index contributed by atoms with van der Waals surface area (Å²) in [4.78, 5) is 2.12. The molecule has 0 aliphatic carbocycles. The van der Waals surface area contributed by atoms with Crippen LogP contribution in [0.5, 0.6) is 5.75 Å². The number of rotatable bonds is 4. The van der Waals surface area contributed by atoms with Crippen LogP contribution >= 0.6 is 11.6 Å². The van der Waals surface area contributed by atoms with Gasteiger partial charge in [0.25, 0.3) is 0 Å².